The summed E-state index contributed by atoms with van der Waals surface area (Å²) in [4.78, 5) is 28.2. The second kappa shape index (κ2) is 10.3. The largest absolute Gasteiger partial charge is 0.444 e. The van der Waals surface area contributed by atoms with Crippen molar-refractivity contribution in [3.05, 3.63) is 24.3 Å². The molecule has 1 aromatic rings. The molecule has 1 aromatic carbocycles. The summed E-state index contributed by atoms with van der Waals surface area (Å²) in [7, 11) is -3.50. The zero-order valence-corrected chi connectivity index (χ0v) is 19.9. The van der Waals surface area contributed by atoms with Gasteiger partial charge in [-0.15, -0.1) is 0 Å². The molecule has 0 bridgehead atoms. The first-order valence-corrected chi connectivity index (χ1v) is 12.0. The minimum absolute atomic E-state index is 0.0799. The Kier molecular flexibility index (Phi) is 8.30. The molecule has 0 aromatic heterocycles. The lowest BCUT2D eigenvalue weighted by molar-refractivity contribution is -0.131. The number of rotatable bonds is 7. The van der Waals surface area contributed by atoms with Gasteiger partial charge in [-0.3, -0.25) is 4.79 Å². The first-order chi connectivity index (χ1) is 14.5. The van der Waals surface area contributed by atoms with Crippen LogP contribution in [0, 0.1) is 0 Å². The van der Waals surface area contributed by atoms with Gasteiger partial charge in [-0.25, -0.2) is 13.2 Å². The van der Waals surface area contributed by atoms with Gasteiger partial charge in [-0.05, 0) is 45.0 Å². The maximum absolute atomic E-state index is 12.5. The van der Waals surface area contributed by atoms with Gasteiger partial charge in [0.05, 0.1) is 11.4 Å². The number of benzene rings is 1. The molecule has 1 N–H and O–H groups in total. The molecule has 0 saturated carbocycles. The van der Waals surface area contributed by atoms with Gasteiger partial charge in [-0.1, -0.05) is 13.8 Å². The number of amides is 2. The molecule has 0 unspecified atom stereocenters. The molecule has 9 nitrogen and oxygen atoms in total. The lowest BCUT2D eigenvalue weighted by Crippen LogP contribution is -2.52. The summed E-state index contributed by atoms with van der Waals surface area (Å²) in [5.74, 6) is -0.0799. The first-order valence-electron chi connectivity index (χ1n) is 10.6. The normalized spacial score (nSPS) is 15.2. The summed E-state index contributed by atoms with van der Waals surface area (Å²) in [6.45, 7) is 11.7. The second-order valence-corrected chi connectivity index (χ2v) is 10.3. The Labute approximate surface area is 185 Å². The Balaban J connectivity index is 1.85. The fraction of sp³-hybridized carbons (Fsp3) is 0.619. The van der Waals surface area contributed by atoms with E-state index in [-0.39, 0.29) is 23.4 Å². The molecule has 2 rings (SSSR count). The van der Waals surface area contributed by atoms with Crippen molar-refractivity contribution in [2.24, 2.45) is 0 Å². The molecule has 0 atom stereocenters. The van der Waals surface area contributed by atoms with E-state index in [0.717, 1.165) is 0 Å². The molecule has 174 valence electrons. The van der Waals surface area contributed by atoms with Crippen LogP contribution in [0.2, 0.25) is 0 Å². The van der Waals surface area contributed by atoms with Crippen molar-refractivity contribution in [1.29, 1.82) is 0 Å². The summed E-state index contributed by atoms with van der Waals surface area (Å²) in [5.41, 5.74) is 0.119. The molecule has 1 saturated heterocycles. The zero-order chi connectivity index (χ0) is 23.2. The van der Waals surface area contributed by atoms with E-state index < -0.39 is 15.6 Å². The van der Waals surface area contributed by atoms with Crippen molar-refractivity contribution < 1.29 is 22.7 Å². The van der Waals surface area contributed by atoms with E-state index in [1.807, 2.05) is 20.8 Å². The molecule has 1 fully saturated rings. The van der Waals surface area contributed by atoms with Crippen molar-refractivity contribution in [3.63, 3.8) is 0 Å². The summed E-state index contributed by atoms with van der Waals surface area (Å²) >= 11 is 0. The SMILES string of the molecule is CCN(CC)S(=O)(=O)c1ccc(NCC(=O)N2CCN(C(=O)OC(C)(C)C)CC2)cc1. The number of hydrogen-bond acceptors (Lipinski definition) is 6. The fourth-order valence-electron chi connectivity index (χ4n) is 3.21. The molecule has 0 radical (unpaired) electrons. The third-order valence-corrected chi connectivity index (χ3v) is 6.99. The average Bonchev–Trinajstić information content (AvgIpc) is 2.72. The van der Waals surface area contributed by atoms with E-state index in [2.05, 4.69) is 5.32 Å². The van der Waals surface area contributed by atoms with Crippen LogP contribution in [0.1, 0.15) is 34.6 Å². The van der Waals surface area contributed by atoms with Crippen molar-refractivity contribution in [3.8, 4) is 0 Å². The van der Waals surface area contributed by atoms with E-state index in [1.54, 1.807) is 47.9 Å². The topological polar surface area (TPSA) is 99.3 Å². The molecule has 0 spiro atoms. The Morgan fingerprint density at radius 2 is 1.52 bits per heavy atom. The highest BCUT2D eigenvalue weighted by atomic mass is 32.2. The van der Waals surface area contributed by atoms with Crippen molar-refractivity contribution >= 4 is 27.7 Å². The van der Waals surface area contributed by atoms with Crippen LogP contribution in [0.5, 0.6) is 0 Å². The Morgan fingerprint density at radius 3 is 2.00 bits per heavy atom. The number of carbonyl (C=O) groups excluding carboxylic acids is 2. The van der Waals surface area contributed by atoms with Crippen LogP contribution in [0.3, 0.4) is 0 Å². The van der Waals surface area contributed by atoms with E-state index in [4.69, 9.17) is 4.74 Å². The molecule has 1 aliphatic heterocycles. The molecular formula is C21H34N4O5S. The summed E-state index contributed by atoms with van der Waals surface area (Å²) in [5, 5.41) is 3.04. The van der Waals surface area contributed by atoms with Crippen LogP contribution in [-0.4, -0.2) is 85.9 Å². The maximum Gasteiger partial charge on any atom is 0.410 e. The molecule has 1 aliphatic rings. The zero-order valence-electron chi connectivity index (χ0n) is 19.1. The van der Waals surface area contributed by atoms with Crippen LogP contribution >= 0.6 is 0 Å². The van der Waals surface area contributed by atoms with Gasteiger partial charge in [0.1, 0.15) is 5.60 Å². The number of hydrogen-bond donors (Lipinski definition) is 1. The van der Waals surface area contributed by atoms with Gasteiger partial charge >= 0.3 is 6.09 Å². The minimum Gasteiger partial charge on any atom is -0.444 e. The maximum atomic E-state index is 12.5. The second-order valence-electron chi connectivity index (χ2n) is 8.32. The number of sulfonamides is 1. The summed E-state index contributed by atoms with van der Waals surface area (Å²) in [6, 6.07) is 6.40. The van der Waals surface area contributed by atoms with E-state index in [1.165, 1.54) is 4.31 Å². The predicted octanol–water partition coefficient (Wildman–Crippen LogP) is 2.21. The lowest BCUT2D eigenvalue weighted by atomic mass is 10.2. The van der Waals surface area contributed by atoms with Crippen LogP contribution in [-0.2, 0) is 19.6 Å². The van der Waals surface area contributed by atoms with Gasteiger partial charge in [0, 0.05) is 45.0 Å². The highest BCUT2D eigenvalue weighted by Gasteiger charge is 2.27. The summed E-state index contributed by atoms with van der Waals surface area (Å²) in [6.07, 6.45) is -0.363. The molecular weight excluding hydrogens is 420 g/mol. The Morgan fingerprint density at radius 1 is 1.00 bits per heavy atom. The molecule has 2 amide bonds. The van der Waals surface area contributed by atoms with Crippen molar-refractivity contribution in [2.45, 2.75) is 45.1 Å². The van der Waals surface area contributed by atoms with Crippen molar-refractivity contribution in [2.75, 3.05) is 51.1 Å². The van der Waals surface area contributed by atoms with Gasteiger partial charge in [0.2, 0.25) is 15.9 Å². The summed E-state index contributed by atoms with van der Waals surface area (Å²) < 4.78 is 31.8. The Bertz CT molecular complexity index is 853. The number of nitrogens with zero attached hydrogens (tertiary/aromatic N) is 3. The van der Waals surface area contributed by atoms with Crippen LogP contribution in [0.25, 0.3) is 0 Å². The van der Waals surface area contributed by atoms with Gasteiger partial charge in [0.15, 0.2) is 0 Å². The van der Waals surface area contributed by atoms with Crippen LogP contribution < -0.4 is 5.32 Å². The molecule has 0 aliphatic carbocycles. The van der Waals surface area contributed by atoms with Gasteiger partial charge < -0.3 is 19.9 Å². The van der Waals surface area contributed by atoms with E-state index in [9.17, 15) is 18.0 Å². The Hall–Kier alpha value is -2.33. The van der Waals surface area contributed by atoms with Gasteiger partial charge in [0.25, 0.3) is 0 Å². The third-order valence-electron chi connectivity index (χ3n) is 4.93. The highest BCUT2D eigenvalue weighted by Crippen LogP contribution is 2.18. The molecule has 1 heterocycles. The van der Waals surface area contributed by atoms with Crippen LogP contribution in [0.15, 0.2) is 29.2 Å². The fourth-order valence-corrected chi connectivity index (χ4v) is 4.67. The molecule has 10 heteroatoms. The highest BCUT2D eigenvalue weighted by molar-refractivity contribution is 7.89. The van der Waals surface area contributed by atoms with Crippen LogP contribution in [0.4, 0.5) is 10.5 Å². The lowest BCUT2D eigenvalue weighted by Gasteiger charge is -2.35. The minimum atomic E-state index is -3.50. The third kappa shape index (κ3) is 6.83. The van der Waals surface area contributed by atoms with Crippen molar-refractivity contribution in [1.82, 2.24) is 14.1 Å². The quantitative estimate of drug-likeness (QED) is 0.678. The number of ether oxygens (including phenoxy) is 1. The predicted molar refractivity (Wildman–Crippen MR) is 119 cm³/mol. The number of carbonyl (C=O) groups is 2. The number of piperazine rings is 1. The monoisotopic (exact) mass is 454 g/mol. The number of anilines is 1. The molecule has 31 heavy (non-hydrogen) atoms. The first kappa shape index (κ1) is 24.9. The van der Waals surface area contributed by atoms with E-state index >= 15 is 0 Å². The van der Waals surface area contributed by atoms with Gasteiger partial charge in [-0.2, -0.15) is 4.31 Å². The standard InChI is InChI=1S/C21H34N4O5S/c1-6-25(7-2)31(28,29)18-10-8-17(9-11-18)22-16-19(26)23-12-14-24(15-13-23)20(27)30-21(3,4)5/h8-11,22H,6-7,12-16H2,1-5H3. The average molecular weight is 455 g/mol. The van der Waals surface area contributed by atoms with E-state index in [0.29, 0.717) is 45.0 Å². The smallest absolute Gasteiger partial charge is 0.410 e. The number of nitrogens with one attached hydrogen (secondary N) is 1.